The lowest BCUT2D eigenvalue weighted by molar-refractivity contribution is -0.660. The second-order valence-electron chi connectivity index (χ2n) is 6.03. The third-order valence-corrected chi connectivity index (χ3v) is 4.36. The van der Waals surface area contributed by atoms with Gasteiger partial charge in [0.2, 0.25) is 5.69 Å². The summed E-state index contributed by atoms with van der Waals surface area (Å²) in [6.45, 7) is 6.51. The number of benzene rings is 2. The zero-order chi connectivity index (χ0) is 15.7. The molecule has 0 amide bonds. The molecule has 0 fully saturated rings. The van der Waals surface area contributed by atoms with Crippen LogP contribution in [-0.4, -0.2) is 0 Å². The number of hydrogen-bond acceptors (Lipinski definition) is 0. The highest BCUT2D eigenvalue weighted by Gasteiger charge is 2.15. The second-order valence-corrected chi connectivity index (χ2v) is 6.03. The Morgan fingerprint density at radius 1 is 0.682 bits per heavy atom. The van der Waals surface area contributed by atoms with Crippen molar-refractivity contribution in [2.24, 2.45) is 7.05 Å². The van der Waals surface area contributed by atoms with Crippen molar-refractivity contribution in [3.63, 3.8) is 0 Å². The molecule has 0 unspecified atom stereocenters. The first-order valence-electron chi connectivity index (χ1n) is 7.69. The number of aryl methyl sites for hydroxylation is 4. The lowest BCUT2D eigenvalue weighted by Gasteiger charge is -2.10. The van der Waals surface area contributed by atoms with Gasteiger partial charge in [-0.15, -0.1) is 0 Å². The van der Waals surface area contributed by atoms with E-state index < -0.39 is 0 Å². The predicted molar refractivity (Wildman–Crippen MR) is 92.7 cm³/mol. The van der Waals surface area contributed by atoms with Crippen LogP contribution in [0.3, 0.4) is 0 Å². The molecule has 1 heteroatoms. The first-order chi connectivity index (χ1) is 10.6. The van der Waals surface area contributed by atoms with Crippen molar-refractivity contribution in [3.8, 4) is 22.4 Å². The Labute approximate surface area is 132 Å². The molecule has 1 heterocycles. The summed E-state index contributed by atoms with van der Waals surface area (Å²) in [5.74, 6) is 0. The molecule has 3 aromatic rings. The van der Waals surface area contributed by atoms with Crippen LogP contribution >= 0.6 is 0 Å². The number of pyridine rings is 1. The topological polar surface area (TPSA) is 3.88 Å². The summed E-state index contributed by atoms with van der Waals surface area (Å²) in [4.78, 5) is 0. The van der Waals surface area contributed by atoms with Crippen molar-refractivity contribution < 1.29 is 4.57 Å². The van der Waals surface area contributed by atoms with Crippen LogP contribution in [0.1, 0.15) is 16.7 Å². The Balaban J connectivity index is 2.18. The van der Waals surface area contributed by atoms with E-state index in [1.54, 1.807) is 0 Å². The third kappa shape index (κ3) is 2.67. The average molecular weight is 288 g/mol. The minimum absolute atomic E-state index is 1.26. The second kappa shape index (κ2) is 5.76. The standard InChI is InChI=1S/C21H22N/c1-15-10-11-19(18-8-6-5-7-9-18)13-20(15)21-12-16(2)17(3)14-22(21)4/h5-14H,1-4H3/q+1. The Morgan fingerprint density at radius 2 is 1.41 bits per heavy atom. The van der Waals surface area contributed by atoms with Crippen LogP contribution in [0.4, 0.5) is 0 Å². The van der Waals surface area contributed by atoms with E-state index in [1.165, 1.54) is 39.1 Å². The Hall–Kier alpha value is -2.41. The van der Waals surface area contributed by atoms with Gasteiger partial charge >= 0.3 is 0 Å². The Bertz CT molecular complexity index is 817. The first-order valence-corrected chi connectivity index (χ1v) is 7.69. The van der Waals surface area contributed by atoms with Crippen LogP contribution in [0.2, 0.25) is 0 Å². The molecule has 110 valence electrons. The zero-order valence-corrected chi connectivity index (χ0v) is 13.7. The summed E-state index contributed by atoms with van der Waals surface area (Å²) in [6.07, 6.45) is 2.21. The minimum Gasteiger partial charge on any atom is -0.201 e. The van der Waals surface area contributed by atoms with Gasteiger partial charge in [0.05, 0.1) is 0 Å². The molecule has 1 nitrogen and oxygen atoms in total. The lowest BCUT2D eigenvalue weighted by Crippen LogP contribution is -2.31. The van der Waals surface area contributed by atoms with E-state index >= 15 is 0 Å². The van der Waals surface area contributed by atoms with Crippen LogP contribution in [0.25, 0.3) is 22.4 Å². The van der Waals surface area contributed by atoms with E-state index in [1.807, 2.05) is 0 Å². The summed E-state index contributed by atoms with van der Waals surface area (Å²) in [5, 5.41) is 0. The van der Waals surface area contributed by atoms with Gasteiger partial charge in [-0.25, -0.2) is 4.57 Å². The highest BCUT2D eigenvalue weighted by atomic mass is 14.9. The third-order valence-electron chi connectivity index (χ3n) is 4.36. The van der Waals surface area contributed by atoms with Gasteiger partial charge in [-0.1, -0.05) is 42.5 Å². The van der Waals surface area contributed by atoms with Crippen molar-refractivity contribution in [1.29, 1.82) is 0 Å². The van der Waals surface area contributed by atoms with Gasteiger partial charge in [0.25, 0.3) is 0 Å². The van der Waals surface area contributed by atoms with Crippen LogP contribution in [0.5, 0.6) is 0 Å². The van der Waals surface area contributed by atoms with Crippen molar-refractivity contribution >= 4 is 0 Å². The molecule has 0 aliphatic rings. The van der Waals surface area contributed by atoms with Gasteiger partial charge in [-0.05, 0) is 49.1 Å². The SMILES string of the molecule is Cc1cc(-c2cc(-c3ccccc3)ccc2C)[n+](C)cc1C. The highest BCUT2D eigenvalue weighted by molar-refractivity contribution is 5.73. The molecule has 0 bridgehead atoms. The monoisotopic (exact) mass is 288 g/mol. The normalized spacial score (nSPS) is 10.7. The molecule has 0 saturated carbocycles. The molecule has 0 saturated heterocycles. The molecular formula is C21H22N+. The van der Waals surface area contributed by atoms with Gasteiger partial charge in [-0.3, -0.25) is 0 Å². The summed E-state index contributed by atoms with van der Waals surface area (Å²) < 4.78 is 2.22. The number of aromatic nitrogens is 1. The maximum atomic E-state index is 2.30. The molecule has 0 atom stereocenters. The van der Waals surface area contributed by atoms with Crippen molar-refractivity contribution in [2.75, 3.05) is 0 Å². The van der Waals surface area contributed by atoms with E-state index in [0.717, 1.165) is 0 Å². The van der Waals surface area contributed by atoms with Gasteiger partial charge in [0.1, 0.15) is 7.05 Å². The largest absolute Gasteiger partial charge is 0.212 e. The summed E-state index contributed by atoms with van der Waals surface area (Å²) >= 11 is 0. The van der Waals surface area contributed by atoms with Gasteiger partial charge < -0.3 is 0 Å². The predicted octanol–water partition coefficient (Wildman–Crippen LogP) is 4.77. The molecule has 0 N–H and O–H groups in total. The summed E-state index contributed by atoms with van der Waals surface area (Å²) in [6, 6.07) is 19.6. The van der Waals surface area contributed by atoms with Crippen LogP contribution < -0.4 is 4.57 Å². The van der Waals surface area contributed by atoms with Crippen LogP contribution in [-0.2, 0) is 7.05 Å². The first kappa shape index (κ1) is 14.5. The Morgan fingerprint density at radius 3 is 2.14 bits per heavy atom. The molecule has 0 aliphatic carbocycles. The van der Waals surface area contributed by atoms with Crippen LogP contribution in [0, 0.1) is 20.8 Å². The van der Waals surface area contributed by atoms with Gasteiger partial charge in [0.15, 0.2) is 6.20 Å². The molecule has 1 aromatic heterocycles. The molecular weight excluding hydrogens is 266 g/mol. The quantitative estimate of drug-likeness (QED) is 0.598. The zero-order valence-electron chi connectivity index (χ0n) is 13.7. The smallest absolute Gasteiger partial charge is 0.201 e. The molecule has 22 heavy (non-hydrogen) atoms. The minimum atomic E-state index is 1.26. The molecule has 3 rings (SSSR count). The van der Waals surface area contributed by atoms with Crippen molar-refractivity contribution in [3.05, 3.63) is 77.5 Å². The number of rotatable bonds is 2. The fraction of sp³-hybridized carbons (Fsp3) is 0.190. The van der Waals surface area contributed by atoms with E-state index in [0.29, 0.717) is 0 Å². The number of hydrogen-bond donors (Lipinski definition) is 0. The fourth-order valence-corrected chi connectivity index (χ4v) is 2.86. The van der Waals surface area contributed by atoms with Gasteiger partial charge in [0, 0.05) is 17.2 Å². The highest BCUT2D eigenvalue weighted by Crippen LogP contribution is 2.28. The molecule has 0 aliphatic heterocycles. The summed E-state index contributed by atoms with van der Waals surface area (Å²) in [7, 11) is 2.12. The molecule has 0 spiro atoms. The van der Waals surface area contributed by atoms with Crippen molar-refractivity contribution in [1.82, 2.24) is 0 Å². The van der Waals surface area contributed by atoms with Crippen LogP contribution in [0.15, 0.2) is 60.8 Å². The summed E-state index contributed by atoms with van der Waals surface area (Å²) in [5.41, 5.74) is 9.04. The molecule has 2 aromatic carbocycles. The van der Waals surface area contributed by atoms with E-state index in [2.05, 4.69) is 93.2 Å². The molecule has 0 radical (unpaired) electrons. The maximum Gasteiger partial charge on any atom is 0.212 e. The Kier molecular flexibility index (Phi) is 3.81. The maximum absolute atomic E-state index is 2.30. The average Bonchev–Trinajstić information content (AvgIpc) is 2.52. The van der Waals surface area contributed by atoms with E-state index in [4.69, 9.17) is 0 Å². The van der Waals surface area contributed by atoms with Crippen molar-refractivity contribution in [2.45, 2.75) is 20.8 Å². The lowest BCUT2D eigenvalue weighted by atomic mass is 9.96. The number of nitrogens with zero attached hydrogens (tertiary/aromatic N) is 1. The van der Waals surface area contributed by atoms with Gasteiger partial charge in [-0.2, -0.15) is 0 Å². The fourth-order valence-electron chi connectivity index (χ4n) is 2.86. The van der Waals surface area contributed by atoms with E-state index in [9.17, 15) is 0 Å². The van der Waals surface area contributed by atoms with E-state index in [-0.39, 0.29) is 0 Å².